The van der Waals surface area contributed by atoms with Crippen LogP contribution in [0.15, 0.2) is 65.4 Å². The summed E-state index contributed by atoms with van der Waals surface area (Å²) in [5, 5.41) is 12.6. The van der Waals surface area contributed by atoms with Gasteiger partial charge in [-0.05, 0) is 73.2 Å². The van der Waals surface area contributed by atoms with Crippen molar-refractivity contribution in [2.24, 2.45) is 5.73 Å². The van der Waals surface area contributed by atoms with Gasteiger partial charge in [-0.1, -0.05) is 29.8 Å². The van der Waals surface area contributed by atoms with Crippen LogP contribution in [0.4, 0.5) is 18.9 Å². The van der Waals surface area contributed by atoms with Crippen LogP contribution in [0.1, 0.15) is 48.9 Å². The number of nitrogens with zero attached hydrogens (tertiary/aromatic N) is 1. The number of halogens is 4. The van der Waals surface area contributed by atoms with Crippen molar-refractivity contribution in [3.05, 3.63) is 87.1 Å². The van der Waals surface area contributed by atoms with Crippen molar-refractivity contribution in [1.29, 1.82) is 5.26 Å². The maximum atomic E-state index is 13.1. The van der Waals surface area contributed by atoms with Crippen LogP contribution in [0, 0.1) is 11.3 Å². The van der Waals surface area contributed by atoms with Crippen molar-refractivity contribution in [2.45, 2.75) is 38.4 Å². The van der Waals surface area contributed by atoms with Gasteiger partial charge in [-0.15, -0.1) is 0 Å². The van der Waals surface area contributed by atoms with Crippen LogP contribution in [0.5, 0.6) is 0 Å². The van der Waals surface area contributed by atoms with E-state index in [-0.39, 0.29) is 0 Å². The Morgan fingerprint density at radius 3 is 2.60 bits per heavy atom. The number of anilines is 1. The Balaban J connectivity index is 2.04. The van der Waals surface area contributed by atoms with Crippen LogP contribution in [-0.4, -0.2) is 0 Å². The molecule has 1 unspecified atom stereocenters. The lowest BCUT2D eigenvalue weighted by atomic mass is 9.83. The van der Waals surface area contributed by atoms with Gasteiger partial charge >= 0.3 is 6.18 Å². The van der Waals surface area contributed by atoms with E-state index < -0.39 is 17.8 Å². The lowest BCUT2D eigenvalue weighted by Crippen LogP contribution is -2.22. The number of nitrogens with two attached hydrogens (primary N) is 1. The van der Waals surface area contributed by atoms with E-state index in [1.165, 1.54) is 6.07 Å². The molecule has 0 amide bonds. The summed E-state index contributed by atoms with van der Waals surface area (Å²) in [6.07, 6.45) is -0.105. The van der Waals surface area contributed by atoms with E-state index in [0.717, 1.165) is 41.8 Å². The Morgan fingerprint density at radius 2 is 1.97 bits per heavy atom. The summed E-state index contributed by atoms with van der Waals surface area (Å²) in [7, 11) is 0. The number of nitriles is 1. The van der Waals surface area contributed by atoms with E-state index in [1.54, 1.807) is 24.3 Å². The third-order valence-electron chi connectivity index (χ3n) is 5.15. The monoisotopic (exact) mass is 431 g/mol. The van der Waals surface area contributed by atoms with Crippen molar-refractivity contribution < 1.29 is 13.2 Å². The predicted octanol–water partition coefficient (Wildman–Crippen LogP) is 6.73. The number of benzene rings is 2. The molecule has 30 heavy (non-hydrogen) atoms. The zero-order valence-corrected chi connectivity index (χ0v) is 17.1. The van der Waals surface area contributed by atoms with Gasteiger partial charge in [-0.3, -0.25) is 0 Å². The van der Waals surface area contributed by atoms with Gasteiger partial charge in [0.15, 0.2) is 0 Å². The third-order valence-corrected chi connectivity index (χ3v) is 5.48. The molecule has 0 radical (unpaired) electrons. The largest absolute Gasteiger partial charge is 0.416 e. The van der Waals surface area contributed by atoms with Gasteiger partial charge in [0.05, 0.1) is 23.2 Å². The van der Waals surface area contributed by atoms with E-state index in [0.29, 0.717) is 28.3 Å². The Kier molecular flexibility index (Phi) is 6.55. The summed E-state index contributed by atoms with van der Waals surface area (Å²) in [5.74, 6) is 0. The predicted molar refractivity (Wildman–Crippen MR) is 113 cm³/mol. The molecule has 1 aliphatic rings. The average molecular weight is 432 g/mol. The maximum absolute atomic E-state index is 13.1. The van der Waals surface area contributed by atoms with Gasteiger partial charge in [0, 0.05) is 16.4 Å². The normalized spacial score (nSPS) is 17.0. The maximum Gasteiger partial charge on any atom is 0.416 e. The fraction of sp³-hybridized carbons (Fsp3) is 0.261. The van der Waals surface area contributed by atoms with Crippen molar-refractivity contribution in [1.82, 2.24) is 0 Å². The molecule has 3 nitrogen and oxygen atoms in total. The quantitative estimate of drug-likeness (QED) is 0.564. The van der Waals surface area contributed by atoms with Gasteiger partial charge in [-0.25, -0.2) is 0 Å². The highest BCUT2D eigenvalue weighted by atomic mass is 35.5. The molecule has 156 valence electrons. The summed E-state index contributed by atoms with van der Waals surface area (Å²) in [6, 6.07) is 11.5. The molecule has 0 aliphatic heterocycles. The Bertz CT molecular complexity index is 1050. The highest BCUT2D eigenvalue weighted by Crippen LogP contribution is 2.39. The molecule has 0 heterocycles. The summed E-state index contributed by atoms with van der Waals surface area (Å²) >= 11 is 6.37. The fourth-order valence-corrected chi connectivity index (χ4v) is 3.99. The second-order valence-electron chi connectivity index (χ2n) is 7.09. The van der Waals surface area contributed by atoms with E-state index >= 15 is 0 Å². The van der Waals surface area contributed by atoms with E-state index in [2.05, 4.69) is 5.32 Å². The molecule has 0 spiro atoms. The van der Waals surface area contributed by atoms with Crippen LogP contribution in [-0.2, 0) is 6.18 Å². The molecule has 0 fully saturated rings. The number of hydrogen-bond donors (Lipinski definition) is 2. The number of nitrogens with one attached hydrogen (secondary N) is 1. The van der Waals surface area contributed by atoms with Crippen LogP contribution in [0.3, 0.4) is 0 Å². The Labute approximate surface area is 178 Å². The topological polar surface area (TPSA) is 61.8 Å². The second-order valence-corrected chi connectivity index (χ2v) is 7.50. The molecule has 0 saturated carbocycles. The van der Waals surface area contributed by atoms with Crippen molar-refractivity contribution in [2.75, 3.05) is 5.32 Å². The molecule has 0 bridgehead atoms. The summed E-state index contributed by atoms with van der Waals surface area (Å²) in [4.78, 5) is 0. The number of allylic oxidation sites excluding steroid dienone is 2. The van der Waals surface area contributed by atoms with Crippen LogP contribution in [0.25, 0.3) is 0 Å². The van der Waals surface area contributed by atoms with Gasteiger partial charge < -0.3 is 11.1 Å². The minimum absolute atomic E-state index is 0.354. The first kappa shape index (κ1) is 21.9. The average Bonchev–Trinajstić information content (AvgIpc) is 2.72. The molecule has 2 aromatic carbocycles. The Hall–Kier alpha value is -2.75. The summed E-state index contributed by atoms with van der Waals surface area (Å²) < 4.78 is 39.3. The lowest BCUT2D eigenvalue weighted by Gasteiger charge is -2.29. The van der Waals surface area contributed by atoms with E-state index in [4.69, 9.17) is 22.6 Å². The molecule has 2 aromatic rings. The molecular formula is C23H21ClF3N3. The zero-order chi connectivity index (χ0) is 21.9. The van der Waals surface area contributed by atoms with Crippen LogP contribution in [0.2, 0.25) is 5.02 Å². The molecule has 3 N–H and O–H groups in total. The molecule has 1 atom stereocenters. The first-order valence-corrected chi connectivity index (χ1v) is 9.90. The van der Waals surface area contributed by atoms with Gasteiger partial charge in [0.1, 0.15) is 0 Å². The highest BCUT2D eigenvalue weighted by Gasteiger charge is 2.31. The van der Waals surface area contributed by atoms with Crippen LogP contribution < -0.4 is 11.1 Å². The molecular weight excluding hydrogens is 411 g/mol. The van der Waals surface area contributed by atoms with Crippen LogP contribution >= 0.6 is 11.6 Å². The minimum atomic E-state index is -4.41. The number of alkyl halides is 3. The standard InChI is InChI=1S/C23H21ClF3N3/c1-2-15-5-3-8-20(30-17-7-4-6-16(12-17)23(25,26)27)21(15)22(29)18-10-9-14(13-28)11-19(18)24/h2,4,6-7,9-12,22,30H,3,5,8,29H2,1H3. The minimum Gasteiger partial charge on any atom is -0.359 e. The zero-order valence-electron chi connectivity index (χ0n) is 16.4. The lowest BCUT2D eigenvalue weighted by molar-refractivity contribution is -0.137. The molecule has 1 aliphatic carbocycles. The number of hydrogen-bond acceptors (Lipinski definition) is 3. The molecule has 3 rings (SSSR count). The molecule has 0 aromatic heterocycles. The molecule has 7 heteroatoms. The first-order valence-electron chi connectivity index (χ1n) is 9.52. The number of rotatable bonds is 4. The second kappa shape index (κ2) is 8.95. The summed E-state index contributed by atoms with van der Waals surface area (Å²) in [5.41, 5.74) is 9.96. The van der Waals surface area contributed by atoms with Crippen molar-refractivity contribution in [3.63, 3.8) is 0 Å². The SMILES string of the molecule is CC=C1CCCC(Nc2cccc(C(F)(F)F)c2)=C1C(N)c1ccc(C#N)cc1Cl. The van der Waals surface area contributed by atoms with Gasteiger partial charge in [0.2, 0.25) is 0 Å². The smallest absolute Gasteiger partial charge is 0.359 e. The van der Waals surface area contributed by atoms with Crippen molar-refractivity contribution in [3.8, 4) is 6.07 Å². The fourth-order valence-electron chi connectivity index (χ4n) is 3.69. The first-order chi connectivity index (χ1) is 14.2. The van der Waals surface area contributed by atoms with Crippen molar-refractivity contribution >= 4 is 17.3 Å². The van der Waals surface area contributed by atoms with Gasteiger partial charge in [0.25, 0.3) is 0 Å². The molecule has 0 saturated heterocycles. The van der Waals surface area contributed by atoms with E-state index in [9.17, 15) is 13.2 Å². The van der Waals surface area contributed by atoms with Gasteiger partial charge in [-0.2, -0.15) is 18.4 Å². The Morgan fingerprint density at radius 1 is 1.20 bits per heavy atom. The third kappa shape index (κ3) is 4.69. The highest BCUT2D eigenvalue weighted by molar-refractivity contribution is 6.31. The summed E-state index contributed by atoms with van der Waals surface area (Å²) in [6.45, 7) is 1.91. The van der Waals surface area contributed by atoms with E-state index in [1.807, 2.05) is 19.1 Å².